The third-order valence-corrected chi connectivity index (χ3v) is 5.53. The molecule has 2 N–H and O–H groups in total. The summed E-state index contributed by atoms with van der Waals surface area (Å²) in [5.74, 6) is 1.80. The molecule has 1 heterocycles. The van der Waals surface area contributed by atoms with Crippen LogP contribution in [0.5, 0.6) is 5.75 Å². The fourth-order valence-corrected chi connectivity index (χ4v) is 4.32. The summed E-state index contributed by atoms with van der Waals surface area (Å²) in [6.07, 6.45) is 0. The summed E-state index contributed by atoms with van der Waals surface area (Å²) in [5, 5.41) is 17.3. The van der Waals surface area contributed by atoms with Crippen molar-refractivity contribution in [3.05, 3.63) is 24.3 Å². The topological polar surface area (TPSA) is 87.1 Å². The molecule has 1 aliphatic rings. The highest BCUT2D eigenvalue weighted by atomic mass is 32.2. The van der Waals surface area contributed by atoms with Crippen molar-refractivity contribution in [2.45, 2.75) is 4.90 Å². The minimum Gasteiger partial charge on any atom is -0.512 e. The molecule has 0 bridgehead atoms. The molecule has 104 valence electrons. The Morgan fingerprint density at radius 3 is 2.26 bits per heavy atom. The van der Waals surface area contributed by atoms with Crippen molar-refractivity contribution in [2.24, 2.45) is 0 Å². The molecule has 1 fully saturated rings. The molecule has 1 aromatic carbocycles. The van der Waals surface area contributed by atoms with E-state index in [1.165, 1.54) is 28.6 Å². The van der Waals surface area contributed by atoms with E-state index in [-0.39, 0.29) is 10.6 Å². The molecule has 0 atom stereocenters. The maximum Gasteiger partial charge on any atom is 0.707 e. The van der Waals surface area contributed by atoms with E-state index in [4.69, 9.17) is 10.0 Å². The van der Waals surface area contributed by atoms with E-state index in [2.05, 4.69) is 4.65 Å². The van der Waals surface area contributed by atoms with Crippen LogP contribution in [-0.2, 0) is 10.0 Å². The fourth-order valence-electron chi connectivity index (χ4n) is 1.75. The summed E-state index contributed by atoms with van der Waals surface area (Å²) in [6, 6.07) is 5.58. The quantitative estimate of drug-likeness (QED) is 0.747. The number of sulfonamides is 1. The Hall–Kier alpha value is -0.735. The molecular formula is C10H14BNO5S2. The molecule has 2 rings (SSSR count). The summed E-state index contributed by atoms with van der Waals surface area (Å²) in [7, 11) is -5.38. The van der Waals surface area contributed by atoms with Crippen LogP contribution in [0.15, 0.2) is 29.2 Å². The third kappa shape index (κ3) is 3.64. The number of nitrogens with zero attached hydrogens (tertiary/aromatic N) is 1. The summed E-state index contributed by atoms with van der Waals surface area (Å²) in [6.45, 7) is 1.03. The third-order valence-electron chi connectivity index (χ3n) is 2.67. The number of hydrogen-bond acceptors (Lipinski definition) is 6. The van der Waals surface area contributed by atoms with Crippen LogP contribution < -0.4 is 4.65 Å². The molecule has 0 amide bonds. The van der Waals surface area contributed by atoms with Crippen molar-refractivity contribution in [1.82, 2.24) is 4.31 Å². The van der Waals surface area contributed by atoms with Crippen LogP contribution in [0.1, 0.15) is 0 Å². The molecule has 0 unspecified atom stereocenters. The van der Waals surface area contributed by atoms with Gasteiger partial charge in [-0.15, -0.1) is 0 Å². The van der Waals surface area contributed by atoms with Gasteiger partial charge in [0.05, 0.1) is 4.90 Å². The molecule has 0 aromatic heterocycles. The highest BCUT2D eigenvalue weighted by Gasteiger charge is 2.26. The van der Waals surface area contributed by atoms with Crippen molar-refractivity contribution >= 4 is 29.1 Å². The number of thioether (sulfide) groups is 1. The Balaban J connectivity index is 2.16. The summed E-state index contributed by atoms with van der Waals surface area (Å²) in [5.41, 5.74) is 0. The van der Waals surface area contributed by atoms with E-state index >= 15 is 0 Å². The second kappa shape index (κ2) is 6.14. The zero-order valence-electron chi connectivity index (χ0n) is 10.1. The Morgan fingerprint density at radius 1 is 1.16 bits per heavy atom. The Bertz CT molecular complexity index is 513. The van der Waals surface area contributed by atoms with Gasteiger partial charge >= 0.3 is 7.32 Å². The van der Waals surface area contributed by atoms with E-state index in [1.54, 1.807) is 11.8 Å². The highest BCUT2D eigenvalue weighted by molar-refractivity contribution is 7.99. The van der Waals surface area contributed by atoms with Crippen LogP contribution in [0.4, 0.5) is 0 Å². The van der Waals surface area contributed by atoms with E-state index in [9.17, 15) is 8.42 Å². The minimum atomic E-state index is -3.47. The van der Waals surface area contributed by atoms with Crippen molar-refractivity contribution in [2.75, 3.05) is 24.6 Å². The average Bonchev–Trinajstić information content (AvgIpc) is 2.40. The van der Waals surface area contributed by atoms with Gasteiger partial charge in [-0.1, -0.05) is 0 Å². The molecule has 0 saturated carbocycles. The lowest BCUT2D eigenvalue weighted by Gasteiger charge is -2.25. The minimum absolute atomic E-state index is 0.180. The normalized spacial score (nSPS) is 17.2. The molecule has 1 aliphatic heterocycles. The van der Waals surface area contributed by atoms with E-state index < -0.39 is 17.3 Å². The summed E-state index contributed by atoms with van der Waals surface area (Å²) in [4.78, 5) is 0.180. The van der Waals surface area contributed by atoms with Crippen LogP contribution in [0, 0.1) is 0 Å². The Kier molecular flexibility index (Phi) is 4.74. The first-order valence-corrected chi connectivity index (χ1v) is 8.30. The number of hydrogen-bond donors (Lipinski definition) is 2. The maximum atomic E-state index is 12.3. The van der Waals surface area contributed by atoms with Crippen LogP contribution in [0.25, 0.3) is 0 Å². The van der Waals surface area contributed by atoms with Crippen LogP contribution >= 0.6 is 11.8 Å². The first kappa shape index (κ1) is 14.7. The van der Waals surface area contributed by atoms with Crippen LogP contribution in [0.2, 0.25) is 0 Å². The van der Waals surface area contributed by atoms with Crippen LogP contribution in [-0.4, -0.2) is 54.7 Å². The maximum absolute atomic E-state index is 12.3. The molecule has 0 aliphatic carbocycles. The van der Waals surface area contributed by atoms with E-state index in [1.807, 2.05) is 0 Å². The predicted octanol–water partition coefficient (Wildman–Crippen LogP) is -0.228. The van der Waals surface area contributed by atoms with Gasteiger partial charge in [0.2, 0.25) is 10.0 Å². The van der Waals surface area contributed by atoms with Gasteiger partial charge in [0.1, 0.15) is 5.75 Å². The molecule has 0 radical (unpaired) electrons. The molecule has 1 aromatic rings. The van der Waals surface area contributed by atoms with Gasteiger partial charge in [0.15, 0.2) is 0 Å². The molecule has 19 heavy (non-hydrogen) atoms. The second-order valence-corrected chi connectivity index (χ2v) is 7.09. The van der Waals surface area contributed by atoms with Crippen LogP contribution in [0.3, 0.4) is 0 Å². The summed E-state index contributed by atoms with van der Waals surface area (Å²) >= 11 is 1.74. The molecular weight excluding hydrogens is 289 g/mol. The van der Waals surface area contributed by atoms with E-state index in [0.29, 0.717) is 13.1 Å². The van der Waals surface area contributed by atoms with E-state index in [0.717, 1.165) is 11.5 Å². The lowest BCUT2D eigenvalue weighted by Crippen LogP contribution is -2.37. The average molecular weight is 303 g/mol. The highest BCUT2D eigenvalue weighted by Crippen LogP contribution is 2.22. The van der Waals surface area contributed by atoms with Gasteiger partial charge < -0.3 is 14.7 Å². The van der Waals surface area contributed by atoms with Gasteiger partial charge in [-0.2, -0.15) is 16.1 Å². The standard InChI is InChI=1S/C10H14BNO5S2/c13-11(14)17-9-1-3-10(4-2-9)19(15,16)12-5-7-18-8-6-12/h1-4,13-14H,5-8H2. The number of rotatable bonds is 4. The molecule has 0 spiro atoms. The van der Waals surface area contributed by atoms with Crippen molar-refractivity contribution in [1.29, 1.82) is 0 Å². The summed E-state index contributed by atoms with van der Waals surface area (Å²) < 4.78 is 30.7. The Labute approximate surface area is 116 Å². The lowest BCUT2D eigenvalue weighted by atomic mass is 10.2. The van der Waals surface area contributed by atoms with Crippen molar-refractivity contribution in [3.8, 4) is 5.75 Å². The monoisotopic (exact) mass is 303 g/mol. The SMILES string of the molecule is O=S(=O)(c1ccc(OB(O)O)cc1)N1CCSCC1. The molecule has 9 heteroatoms. The van der Waals surface area contributed by atoms with Gasteiger partial charge in [0, 0.05) is 24.6 Å². The Morgan fingerprint density at radius 2 is 1.74 bits per heavy atom. The largest absolute Gasteiger partial charge is 0.707 e. The lowest BCUT2D eigenvalue weighted by molar-refractivity contribution is 0.288. The zero-order chi connectivity index (χ0) is 13.9. The smallest absolute Gasteiger partial charge is 0.512 e. The van der Waals surface area contributed by atoms with Crippen molar-refractivity contribution in [3.63, 3.8) is 0 Å². The van der Waals surface area contributed by atoms with Gasteiger partial charge in [-0.3, -0.25) is 0 Å². The van der Waals surface area contributed by atoms with Gasteiger partial charge in [0.25, 0.3) is 0 Å². The zero-order valence-corrected chi connectivity index (χ0v) is 11.7. The molecule has 6 nitrogen and oxygen atoms in total. The number of benzene rings is 1. The first-order chi connectivity index (χ1) is 9.00. The first-order valence-electron chi connectivity index (χ1n) is 5.71. The predicted molar refractivity (Wildman–Crippen MR) is 73.3 cm³/mol. The fraction of sp³-hybridized carbons (Fsp3) is 0.400. The van der Waals surface area contributed by atoms with Gasteiger partial charge in [-0.05, 0) is 24.3 Å². The second-order valence-electron chi connectivity index (χ2n) is 3.93. The van der Waals surface area contributed by atoms with Gasteiger partial charge in [-0.25, -0.2) is 8.42 Å². The molecule has 1 saturated heterocycles. The van der Waals surface area contributed by atoms with Crippen molar-refractivity contribution < 1.29 is 23.1 Å².